The fraction of sp³-hybridized carbons (Fsp3) is 0.0870. The SMILES string of the molecule is NN(C(=O)c1ccc(C=CCN(Cc2cccnc2)C(=O)O)cc1)c1ccccc1. The first-order valence-corrected chi connectivity index (χ1v) is 9.32. The van der Waals surface area contributed by atoms with Gasteiger partial charge >= 0.3 is 6.09 Å². The van der Waals surface area contributed by atoms with E-state index in [9.17, 15) is 14.7 Å². The summed E-state index contributed by atoms with van der Waals surface area (Å²) in [5.41, 5.74) is 2.73. The molecule has 1 aromatic heterocycles. The van der Waals surface area contributed by atoms with Crippen molar-refractivity contribution in [1.82, 2.24) is 9.88 Å². The van der Waals surface area contributed by atoms with E-state index in [1.165, 1.54) is 4.90 Å². The van der Waals surface area contributed by atoms with Gasteiger partial charge in [-0.05, 0) is 41.5 Å². The number of hydrazine groups is 1. The number of carbonyl (C=O) groups excluding carboxylic acids is 1. The van der Waals surface area contributed by atoms with Crippen molar-refractivity contribution >= 4 is 23.8 Å². The van der Waals surface area contributed by atoms with Gasteiger partial charge in [0.2, 0.25) is 0 Å². The number of para-hydroxylation sites is 1. The third-order valence-corrected chi connectivity index (χ3v) is 4.41. The van der Waals surface area contributed by atoms with Crippen molar-refractivity contribution < 1.29 is 14.7 Å². The minimum atomic E-state index is -1.01. The molecule has 0 atom stereocenters. The van der Waals surface area contributed by atoms with Crippen LogP contribution in [0.15, 0.2) is 85.2 Å². The lowest BCUT2D eigenvalue weighted by molar-refractivity contribution is 0.0986. The third kappa shape index (κ3) is 5.52. The molecule has 0 unspecified atom stereocenters. The lowest BCUT2D eigenvalue weighted by Crippen LogP contribution is -2.37. The van der Waals surface area contributed by atoms with Crippen LogP contribution in [-0.2, 0) is 6.54 Å². The quantitative estimate of drug-likeness (QED) is 0.356. The lowest BCUT2D eigenvalue weighted by Gasteiger charge is -2.17. The summed E-state index contributed by atoms with van der Waals surface area (Å²) in [6.45, 7) is 0.488. The number of carboxylic acid groups (broad SMARTS) is 1. The first-order valence-electron chi connectivity index (χ1n) is 9.32. The molecule has 3 N–H and O–H groups in total. The Labute approximate surface area is 174 Å². The Morgan fingerprint density at radius 2 is 1.73 bits per heavy atom. The monoisotopic (exact) mass is 402 g/mol. The molecule has 30 heavy (non-hydrogen) atoms. The second-order valence-corrected chi connectivity index (χ2v) is 6.56. The smallest absolute Gasteiger partial charge is 0.407 e. The highest BCUT2D eigenvalue weighted by molar-refractivity contribution is 6.05. The van der Waals surface area contributed by atoms with Crippen molar-refractivity contribution in [1.29, 1.82) is 0 Å². The molecule has 0 saturated carbocycles. The van der Waals surface area contributed by atoms with Gasteiger partial charge in [0.05, 0.1) is 12.2 Å². The average molecular weight is 402 g/mol. The van der Waals surface area contributed by atoms with Gasteiger partial charge in [-0.1, -0.05) is 48.6 Å². The number of benzene rings is 2. The van der Waals surface area contributed by atoms with Crippen molar-refractivity contribution in [3.63, 3.8) is 0 Å². The van der Waals surface area contributed by atoms with Gasteiger partial charge in [0.1, 0.15) is 0 Å². The molecule has 3 rings (SSSR count). The molecule has 0 aliphatic rings. The van der Waals surface area contributed by atoms with Crippen molar-refractivity contribution in [3.05, 3.63) is 102 Å². The molecular weight excluding hydrogens is 380 g/mol. The number of amides is 2. The zero-order valence-corrected chi connectivity index (χ0v) is 16.3. The Bertz CT molecular complexity index is 1010. The standard InChI is InChI=1S/C23H22N4O3/c24-27(21-8-2-1-3-9-21)22(28)20-12-10-18(11-13-20)7-5-15-26(23(29)30)17-19-6-4-14-25-16-19/h1-14,16H,15,17,24H2,(H,29,30). The Balaban J connectivity index is 1.61. The number of pyridine rings is 1. The summed E-state index contributed by atoms with van der Waals surface area (Å²) in [5, 5.41) is 10.5. The number of carbonyl (C=O) groups is 2. The number of aromatic nitrogens is 1. The molecule has 0 radical (unpaired) electrons. The molecule has 0 bridgehead atoms. The summed E-state index contributed by atoms with van der Waals surface area (Å²) in [4.78, 5) is 29.3. The second-order valence-electron chi connectivity index (χ2n) is 6.56. The van der Waals surface area contributed by atoms with Gasteiger partial charge in [0.25, 0.3) is 5.91 Å². The van der Waals surface area contributed by atoms with Crippen LogP contribution in [0.2, 0.25) is 0 Å². The van der Waals surface area contributed by atoms with Gasteiger partial charge in [0, 0.05) is 24.5 Å². The maximum atomic E-state index is 12.5. The molecular formula is C23H22N4O3. The van der Waals surface area contributed by atoms with Crippen LogP contribution in [-0.4, -0.2) is 33.5 Å². The van der Waals surface area contributed by atoms with E-state index in [0.717, 1.165) is 16.1 Å². The van der Waals surface area contributed by atoms with Gasteiger partial charge < -0.3 is 10.0 Å². The van der Waals surface area contributed by atoms with Crippen LogP contribution in [0.25, 0.3) is 6.08 Å². The molecule has 7 heteroatoms. The topological polar surface area (TPSA) is 99.8 Å². The van der Waals surface area contributed by atoms with Crippen LogP contribution in [0.1, 0.15) is 21.5 Å². The normalized spacial score (nSPS) is 10.7. The Hall–Kier alpha value is -3.97. The van der Waals surface area contributed by atoms with Gasteiger partial charge in [-0.2, -0.15) is 0 Å². The maximum absolute atomic E-state index is 12.5. The Morgan fingerprint density at radius 1 is 1.00 bits per heavy atom. The van der Waals surface area contributed by atoms with E-state index < -0.39 is 6.09 Å². The zero-order chi connectivity index (χ0) is 21.3. The van der Waals surface area contributed by atoms with Gasteiger partial charge in [-0.15, -0.1) is 0 Å². The number of anilines is 1. The molecule has 3 aromatic rings. The summed E-state index contributed by atoms with van der Waals surface area (Å²) in [6, 6.07) is 19.5. The number of nitrogens with two attached hydrogens (primary N) is 1. The van der Waals surface area contributed by atoms with E-state index in [-0.39, 0.29) is 19.0 Å². The van der Waals surface area contributed by atoms with Crippen LogP contribution in [0.4, 0.5) is 10.5 Å². The van der Waals surface area contributed by atoms with Crippen molar-refractivity contribution in [3.8, 4) is 0 Å². The first kappa shape index (κ1) is 20.8. The molecule has 2 amide bonds. The van der Waals surface area contributed by atoms with E-state index in [4.69, 9.17) is 5.84 Å². The third-order valence-electron chi connectivity index (χ3n) is 4.41. The number of nitrogens with zero attached hydrogens (tertiary/aromatic N) is 3. The Kier molecular flexibility index (Phi) is 6.91. The van der Waals surface area contributed by atoms with E-state index in [2.05, 4.69) is 4.98 Å². The average Bonchev–Trinajstić information content (AvgIpc) is 2.79. The first-order chi connectivity index (χ1) is 14.5. The molecule has 0 spiro atoms. The van der Waals surface area contributed by atoms with Gasteiger partial charge in [-0.25, -0.2) is 15.6 Å². The number of hydrogen-bond donors (Lipinski definition) is 2. The summed E-state index contributed by atoms with van der Waals surface area (Å²) in [6.07, 6.45) is 5.86. The number of hydrogen-bond acceptors (Lipinski definition) is 4. The fourth-order valence-corrected chi connectivity index (χ4v) is 2.82. The molecule has 0 aliphatic heterocycles. The molecule has 0 fully saturated rings. The summed E-state index contributed by atoms with van der Waals surface area (Å²) in [5.74, 6) is 5.60. The molecule has 2 aromatic carbocycles. The Morgan fingerprint density at radius 3 is 2.37 bits per heavy atom. The highest BCUT2D eigenvalue weighted by Gasteiger charge is 2.14. The second kappa shape index (κ2) is 9.99. The van der Waals surface area contributed by atoms with Gasteiger partial charge in [0.15, 0.2) is 0 Å². The minimum absolute atomic E-state index is 0.232. The van der Waals surface area contributed by atoms with E-state index in [1.54, 1.807) is 60.9 Å². The summed E-state index contributed by atoms with van der Waals surface area (Å²) < 4.78 is 0. The van der Waals surface area contributed by atoms with Crippen LogP contribution in [0, 0.1) is 0 Å². The van der Waals surface area contributed by atoms with Crippen LogP contribution in [0.5, 0.6) is 0 Å². The zero-order valence-electron chi connectivity index (χ0n) is 16.3. The minimum Gasteiger partial charge on any atom is -0.465 e. The van der Waals surface area contributed by atoms with Gasteiger partial charge in [-0.3, -0.25) is 9.78 Å². The van der Waals surface area contributed by atoms with E-state index >= 15 is 0 Å². The van der Waals surface area contributed by atoms with Crippen molar-refractivity contribution in [2.45, 2.75) is 6.54 Å². The highest BCUT2D eigenvalue weighted by atomic mass is 16.4. The molecule has 7 nitrogen and oxygen atoms in total. The maximum Gasteiger partial charge on any atom is 0.407 e. The van der Waals surface area contributed by atoms with Crippen LogP contribution < -0.4 is 10.9 Å². The van der Waals surface area contributed by atoms with Crippen molar-refractivity contribution in [2.75, 3.05) is 11.6 Å². The predicted molar refractivity (Wildman–Crippen MR) is 116 cm³/mol. The predicted octanol–water partition coefficient (Wildman–Crippen LogP) is 3.80. The van der Waals surface area contributed by atoms with Crippen molar-refractivity contribution in [2.24, 2.45) is 5.84 Å². The van der Waals surface area contributed by atoms with Crippen LogP contribution in [0.3, 0.4) is 0 Å². The molecule has 0 saturated heterocycles. The summed E-state index contributed by atoms with van der Waals surface area (Å²) in [7, 11) is 0. The van der Waals surface area contributed by atoms with Crippen LogP contribution >= 0.6 is 0 Å². The molecule has 152 valence electrons. The lowest BCUT2D eigenvalue weighted by atomic mass is 10.1. The molecule has 1 heterocycles. The highest BCUT2D eigenvalue weighted by Crippen LogP contribution is 2.14. The summed E-state index contributed by atoms with van der Waals surface area (Å²) >= 11 is 0. The fourth-order valence-electron chi connectivity index (χ4n) is 2.82. The molecule has 0 aliphatic carbocycles. The van der Waals surface area contributed by atoms with E-state index in [0.29, 0.717) is 11.3 Å². The largest absolute Gasteiger partial charge is 0.465 e. The number of rotatable bonds is 7. The van der Waals surface area contributed by atoms with E-state index in [1.807, 2.05) is 30.3 Å².